The summed E-state index contributed by atoms with van der Waals surface area (Å²) in [7, 11) is 2.00. The molecule has 3 rings (SSSR count). The lowest BCUT2D eigenvalue weighted by Crippen LogP contribution is -2.36. The highest BCUT2D eigenvalue weighted by atomic mass is 16.5. The van der Waals surface area contributed by atoms with Crippen LogP contribution in [-0.4, -0.2) is 43.8 Å². The van der Waals surface area contributed by atoms with Crippen molar-refractivity contribution < 1.29 is 9.32 Å². The van der Waals surface area contributed by atoms with Gasteiger partial charge in [0.2, 0.25) is 0 Å². The van der Waals surface area contributed by atoms with E-state index < -0.39 is 0 Å². The topological polar surface area (TPSA) is 89.1 Å². The van der Waals surface area contributed by atoms with Gasteiger partial charge in [-0.1, -0.05) is 35.5 Å². The van der Waals surface area contributed by atoms with E-state index in [2.05, 4.69) is 37.6 Å². The third kappa shape index (κ3) is 5.00. The number of nitrogens with one attached hydrogen (secondary N) is 1. The van der Waals surface area contributed by atoms with Gasteiger partial charge in [-0.15, -0.1) is 0 Å². The highest BCUT2D eigenvalue weighted by Gasteiger charge is 2.16. The number of aromatic nitrogens is 4. The van der Waals surface area contributed by atoms with Gasteiger partial charge in [-0.25, -0.2) is 4.98 Å². The molecule has 1 amide bonds. The standard InChI is InChI=1S/C18H22N6O2/c1-14(9-24-13-19-12-20-24)21-18(25)17-8-16(26-22-17)11-23(2)10-15-6-4-3-5-7-15/h3-8,12-14H,9-11H2,1-2H3,(H,21,25)/t14-/m0/s1. The zero-order valence-corrected chi connectivity index (χ0v) is 14.9. The summed E-state index contributed by atoms with van der Waals surface area (Å²) in [5.41, 5.74) is 1.49. The van der Waals surface area contributed by atoms with E-state index in [0.29, 0.717) is 18.8 Å². The van der Waals surface area contributed by atoms with Crippen molar-refractivity contribution in [1.29, 1.82) is 0 Å². The Balaban J connectivity index is 1.51. The lowest BCUT2D eigenvalue weighted by atomic mass is 10.2. The van der Waals surface area contributed by atoms with Crippen molar-refractivity contribution in [2.45, 2.75) is 32.6 Å². The van der Waals surface area contributed by atoms with Gasteiger partial charge in [0.05, 0.1) is 13.1 Å². The molecule has 8 heteroatoms. The van der Waals surface area contributed by atoms with Crippen molar-refractivity contribution in [3.63, 3.8) is 0 Å². The van der Waals surface area contributed by atoms with Crippen molar-refractivity contribution in [3.05, 3.63) is 66.1 Å². The van der Waals surface area contributed by atoms with Gasteiger partial charge in [0, 0.05) is 18.7 Å². The van der Waals surface area contributed by atoms with Crippen molar-refractivity contribution in [2.24, 2.45) is 0 Å². The van der Waals surface area contributed by atoms with E-state index in [1.165, 1.54) is 11.9 Å². The predicted molar refractivity (Wildman–Crippen MR) is 95.1 cm³/mol. The molecule has 2 heterocycles. The zero-order chi connectivity index (χ0) is 18.4. The second-order valence-corrected chi connectivity index (χ2v) is 6.33. The average Bonchev–Trinajstić information content (AvgIpc) is 3.27. The van der Waals surface area contributed by atoms with Crippen molar-refractivity contribution in [2.75, 3.05) is 7.05 Å². The molecule has 0 unspecified atom stereocenters. The van der Waals surface area contributed by atoms with E-state index in [-0.39, 0.29) is 17.6 Å². The summed E-state index contributed by atoms with van der Waals surface area (Å²) < 4.78 is 6.97. The molecule has 1 N–H and O–H groups in total. The molecule has 26 heavy (non-hydrogen) atoms. The molecule has 8 nitrogen and oxygen atoms in total. The SMILES string of the molecule is C[C@@H](Cn1cncn1)NC(=O)c1cc(CN(C)Cc2ccccc2)on1. The average molecular weight is 354 g/mol. The van der Waals surface area contributed by atoms with Crippen LogP contribution in [0.3, 0.4) is 0 Å². The van der Waals surface area contributed by atoms with E-state index in [1.54, 1.807) is 17.1 Å². The Hall–Kier alpha value is -3.00. The first-order chi connectivity index (χ1) is 12.6. The van der Waals surface area contributed by atoms with Gasteiger partial charge < -0.3 is 9.84 Å². The van der Waals surface area contributed by atoms with Crippen LogP contribution < -0.4 is 5.32 Å². The first-order valence-electron chi connectivity index (χ1n) is 8.41. The highest BCUT2D eigenvalue weighted by molar-refractivity contribution is 5.92. The summed E-state index contributed by atoms with van der Waals surface area (Å²) in [6, 6.07) is 11.7. The van der Waals surface area contributed by atoms with Crippen LogP contribution in [0.2, 0.25) is 0 Å². The molecule has 0 aliphatic carbocycles. The lowest BCUT2D eigenvalue weighted by Gasteiger charge is -2.14. The maximum atomic E-state index is 12.3. The molecule has 0 bridgehead atoms. The molecule has 0 saturated heterocycles. The van der Waals surface area contributed by atoms with Crippen LogP contribution in [0, 0.1) is 0 Å². The van der Waals surface area contributed by atoms with E-state index in [9.17, 15) is 4.79 Å². The third-order valence-corrected chi connectivity index (χ3v) is 3.82. The third-order valence-electron chi connectivity index (χ3n) is 3.82. The number of benzene rings is 1. The molecular formula is C18H22N6O2. The normalized spacial score (nSPS) is 12.3. The molecule has 1 atom stereocenters. The maximum absolute atomic E-state index is 12.3. The van der Waals surface area contributed by atoms with Gasteiger partial charge >= 0.3 is 0 Å². The molecule has 0 saturated carbocycles. The number of carbonyl (C=O) groups excluding carboxylic acids is 1. The van der Waals surface area contributed by atoms with Gasteiger partial charge in [-0.2, -0.15) is 5.10 Å². The Morgan fingerprint density at radius 1 is 1.31 bits per heavy atom. The van der Waals surface area contributed by atoms with Crippen LogP contribution >= 0.6 is 0 Å². The Kier molecular flexibility index (Phi) is 5.75. The summed E-state index contributed by atoms with van der Waals surface area (Å²) >= 11 is 0. The zero-order valence-electron chi connectivity index (χ0n) is 14.9. The fraction of sp³-hybridized carbons (Fsp3) is 0.333. The molecule has 0 spiro atoms. The second kappa shape index (κ2) is 8.39. The number of nitrogens with zero attached hydrogens (tertiary/aromatic N) is 5. The summed E-state index contributed by atoms with van der Waals surface area (Å²) in [5, 5.41) is 10.8. The molecule has 0 radical (unpaired) electrons. The van der Waals surface area contributed by atoms with Gasteiger partial charge in [0.25, 0.3) is 5.91 Å². The van der Waals surface area contributed by atoms with Crippen LogP contribution in [0.25, 0.3) is 0 Å². The monoisotopic (exact) mass is 354 g/mol. The van der Waals surface area contributed by atoms with E-state index in [1.807, 2.05) is 32.2 Å². The van der Waals surface area contributed by atoms with Crippen molar-refractivity contribution in [3.8, 4) is 0 Å². The molecule has 1 aromatic carbocycles. The molecule has 3 aromatic rings. The molecular weight excluding hydrogens is 332 g/mol. The first-order valence-corrected chi connectivity index (χ1v) is 8.41. The van der Waals surface area contributed by atoms with Crippen LogP contribution in [-0.2, 0) is 19.6 Å². The smallest absolute Gasteiger partial charge is 0.273 e. The van der Waals surface area contributed by atoms with Crippen molar-refractivity contribution in [1.82, 2.24) is 30.1 Å². The summed E-state index contributed by atoms with van der Waals surface area (Å²) in [6.45, 7) is 3.80. The van der Waals surface area contributed by atoms with E-state index >= 15 is 0 Å². The molecule has 0 aliphatic rings. The molecule has 0 aliphatic heterocycles. The van der Waals surface area contributed by atoms with E-state index in [4.69, 9.17) is 4.52 Å². The quantitative estimate of drug-likeness (QED) is 0.662. The number of amides is 1. The Labute approximate surface area is 151 Å². The van der Waals surface area contributed by atoms with Crippen molar-refractivity contribution >= 4 is 5.91 Å². The fourth-order valence-electron chi connectivity index (χ4n) is 2.66. The molecule has 2 aromatic heterocycles. The maximum Gasteiger partial charge on any atom is 0.273 e. The first kappa shape index (κ1) is 17.8. The number of hydrogen-bond donors (Lipinski definition) is 1. The lowest BCUT2D eigenvalue weighted by molar-refractivity contribution is 0.0926. The highest BCUT2D eigenvalue weighted by Crippen LogP contribution is 2.10. The minimum Gasteiger partial charge on any atom is -0.359 e. The van der Waals surface area contributed by atoms with Crippen LogP contribution in [0.4, 0.5) is 0 Å². The van der Waals surface area contributed by atoms with Gasteiger partial charge in [0.1, 0.15) is 12.7 Å². The van der Waals surface area contributed by atoms with Crippen LogP contribution in [0.1, 0.15) is 28.7 Å². The number of carbonyl (C=O) groups is 1. The predicted octanol–water partition coefficient (Wildman–Crippen LogP) is 1.72. The van der Waals surface area contributed by atoms with Crippen LogP contribution in [0.5, 0.6) is 0 Å². The minimum atomic E-state index is -0.265. The van der Waals surface area contributed by atoms with Gasteiger partial charge in [-0.05, 0) is 19.5 Å². The summed E-state index contributed by atoms with van der Waals surface area (Å²) in [4.78, 5) is 18.3. The summed E-state index contributed by atoms with van der Waals surface area (Å²) in [5.74, 6) is 0.385. The second-order valence-electron chi connectivity index (χ2n) is 6.33. The minimum absolute atomic E-state index is 0.106. The summed E-state index contributed by atoms with van der Waals surface area (Å²) in [6.07, 6.45) is 3.07. The number of rotatable bonds is 8. The molecule has 0 fully saturated rings. The Morgan fingerprint density at radius 3 is 2.85 bits per heavy atom. The van der Waals surface area contributed by atoms with Gasteiger partial charge in [0.15, 0.2) is 11.5 Å². The Morgan fingerprint density at radius 2 is 2.12 bits per heavy atom. The fourth-order valence-corrected chi connectivity index (χ4v) is 2.66. The van der Waals surface area contributed by atoms with Crippen LogP contribution in [0.15, 0.2) is 53.6 Å². The van der Waals surface area contributed by atoms with E-state index in [0.717, 1.165) is 6.54 Å². The Bertz CT molecular complexity index is 815. The number of hydrogen-bond acceptors (Lipinski definition) is 6. The molecule has 136 valence electrons. The van der Waals surface area contributed by atoms with Gasteiger partial charge in [-0.3, -0.25) is 14.4 Å². The largest absolute Gasteiger partial charge is 0.359 e.